The van der Waals surface area contributed by atoms with Gasteiger partial charge in [0.15, 0.2) is 5.65 Å². The minimum absolute atomic E-state index is 0.0654. The molecule has 0 saturated carbocycles. The summed E-state index contributed by atoms with van der Waals surface area (Å²) in [6.07, 6.45) is 4.93. The lowest BCUT2D eigenvalue weighted by molar-refractivity contribution is 0.0744. The minimum Gasteiger partial charge on any atom is -0.335 e. The minimum atomic E-state index is -0.140. The van der Waals surface area contributed by atoms with Crippen molar-refractivity contribution < 1.29 is 4.79 Å². The van der Waals surface area contributed by atoms with Crippen molar-refractivity contribution in [3.63, 3.8) is 0 Å². The summed E-state index contributed by atoms with van der Waals surface area (Å²) in [7, 11) is 1.84. The van der Waals surface area contributed by atoms with E-state index < -0.39 is 0 Å². The molecule has 9 heteroatoms. The smallest absolute Gasteiger partial charge is 0.254 e. The molecule has 1 unspecified atom stereocenters. The topological polar surface area (TPSA) is 81.7 Å². The van der Waals surface area contributed by atoms with Crippen LogP contribution in [0.1, 0.15) is 58.5 Å². The van der Waals surface area contributed by atoms with Gasteiger partial charge in [0, 0.05) is 28.4 Å². The molecule has 8 nitrogen and oxygen atoms in total. The van der Waals surface area contributed by atoms with E-state index in [1.54, 1.807) is 33.4 Å². The molecule has 0 radical (unpaired) electrons. The summed E-state index contributed by atoms with van der Waals surface area (Å²) in [5.41, 5.74) is 5.15. The fourth-order valence-electron chi connectivity index (χ4n) is 4.43. The van der Waals surface area contributed by atoms with Crippen LogP contribution in [0.25, 0.3) is 28.0 Å². The van der Waals surface area contributed by atoms with Crippen LogP contribution in [-0.2, 0) is 0 Å². The van der Waals surface area contributed by atoms with Gasteiger partial charge in [-0.05, 0) is 64.4 Å². The van der Waals surface area contributed by atoms with Gasteiger partial charge in [-0.15, -0.1) is 11.3 Å². The summed E-state index contributed by atoms with van der Waals surface area (Å²) in [5, 5.41) is 9.51. The van der Waals surface area contributed by atoms with Crippen LogP contribution in [0, 0.1) is 13.8 Å². The third-order valence-corrected chi connectivity index (χ3v) is 7.53. The second kappa shape index (κ2) is 9.31. The SMILES string of the molecule is Cc1cc(-c2cc(C(=O)N(C)C(C)c3ccc(-n4cncn4)cc3)c3cnn(C(C)C)c3n2)c(C)s1. The normalized spacial score (nSPS) is 12.4. The zero-order valence-corrected chi connectivity index (χ0v) is 22.1. The molecule has 36 heavy (non-hydrogen) atoms. The zero-order valence-electron chi connectivity index (χ0n) is 21.3. The molecule has 5 aromatic rings. The number of amides is 1. The number of nitrogens with zero attached hydrogens (tertiary/aromatic N) is 7. The van der Waals surface area contributed by atoms with E-state index in [0.29, 0.717) is 5.56 Å². The van der Waals surface area contributed by atoms with Gasteiger partial charge in [-0.2, -0.15) is 10.2 Å². The summed E-state index contributed by atoms with van der Waals surface area (Å²) >= 11 is 1.74. The first-order valence-electron chi connectivity index (χ1n) is 11.9. The van der Waals surface area contributed by atoms with Gasteiger partial charge in [-0.1, -0.05) is 12.1 Å². The molecule has 0 aliphatic heterocycles. The Bertz CT molecular complexity index is 1530. The van der Waals surface area contributed by atoms with E-state index in [1.807, 2.05) is 49.0 Å². The van der Waals surface area contributed by atoms with Gasteiger partial charge in [0.2, 0.25) is 0 Å². The second-order valence-electron chi connectivity index (χ2n) is 9.33. The molecule has 0 saturated heterocycles. The van der Waals surface area contributed by atoms with E-state index in [4.69, 9.17) is 4.98 Å². The summed E-state index contributed by atoms with van der Waals surface area (Å²) < 4.78 is 3.59. The third kappa shape index (κ3) is 4.19. The summed E-state index contributed by atoms with van der Waals surface area (Å²) in [5.74, 6) is -0.0654. The lowest BCUT2D eigenvalue weighted by Crippen LogP contribution is -2.30. The van der Waals surface area contributed by atoms with Crippen LogP contribution in [0.3, 0.4) is 0 Å². The van der Waals surface area contributed by atoms with Crippen LogP contribution in [0.4, 0.5) is 0 Å². The van der Waals surface area contributed by atoms with Gasteiger partial charge in [-0.3, -0.25) is 4.79 Å². The Morgan fingerprint density at radius 3 is 2.42 bits per heavy atom. The Kier molecular flexibility index (Phi) is 6.17. The van der Waals surface area contributed by atoms with Crippen LogP contribution in [-0.4, -0.2) is 47.4 Å². The summed E-state index contributed by atoms with van der Waals surface area (Å²) in [6, 6.07) is 12.1. The van der Waals surface area contributed by atoms with Gasteiger partial charge < -0.3 is 4.90 Å². The predicted octanol–water partition coefficient (Wildman–Crippen LogP) is 5.77. The molecule has 184 valence electrons. The average molecular weight is 500 g/mol. The lowest BCUT2D eigenvalue weighted by atomic mass is 10.0. The molecular formula is C27H29N7OS. The number of benzene rings is 1. The van der Waals surface area contributed by atoms with Gasteiger partial charge in [0.1, 0.15) is 12.7 Å². The molecule has 4 aromatic heterocycles. The number of hydrogen-bond acceptors (Lipinski definition) is 6. The van der Waals surface area contributed by atoms with E-state index in [-0.39, 0.29) is 18.0 Å². The molecule has 0 bridgehead atoms. The Balaban J connectivity index is 1.53. The number of aryl methyl sites for hydroxylation is 2. The molecule has 1 atom stereocenters. The second-order valence-corrected chi connectivity index (χ2v) is 10.8. The molecule has 0 spiro atoms. The molecule has 0 fully saturated rings. The molecule has 0 aliphatic carbocycles. The molecular weight excluding hydrogens is 470 g/mol. The third-order valence-electron chi connectivity index (χ3n) is 6.56. The van der Waals surface area contributed by atoms with E-state index in [9.17, 15) is 4.79 Å². The fourth-order valence-corrected chi connectivity index (χ4v) is 5.37. The van der Waals surface area contributed by atoms with Crippen molar-refractivity contribution in [2.45, 2.75) is 46.7 Å². The quantitative estimate of drug-likeness (QED) is 0.296. The first kappa shape index (κ1) is 23.9. The van der Waals surface area contributed by atoms with Crippen molar-refractivity contribution in [1.82, 2.24) is 34.4 Å². The van der Waals surface area contributed by atoms with E-state index in [2.05, 4.69) is 48.9 Å². The van der Waals surface area contributed by atoms with Crippen LogP contribution in [0.5, 0.6) is 0 Å². The summed E-state index contributed by atoms with van der Waals surface area (Å²) in [4.78, 5) is 27.1. The van der Waals surface area contributed by atoms with E-state index >= 15 is 0 Å². The van der Waals surface area contributed by atoms with Gasteiger partial charge in [0.25, 0.3) is 5.91 Å². The molecule has 0 N–H and O–H groups in total. The highest BCUT2D eigenvalue weighted by Gasteiger charge is 2.25. The standard InChI is InChI=1S/C27H29N7OS/c1-16(2)34-26-24(13-29-34)23(12-25(31-26)22-11-17(3)36-19(22)5)27(35)32(6)18(4)20-7-9-21(10-8-20)33-15-28-14-30-33/h7-16,18H,1-6H3. The highest BCUT2D eigenvalue weighted by molar-refractivity contribution is 7.12. The largest absolute Gasteiger partial charge is 0.335 e. The predicted molar refractivity (Wildman–Crippen MR) is 143 cm³/mol. The van der Waals surface area contributed by atoms with Crippen LogP contribution in [0.2, 0.25) is 0 Å². The number of thiophene rings is 1. The Labute approximate surface area is 214 Å². The van der Waals surface area contributed by atoms with Gasteiger partial charge in [0.05, 0.1) is 34.6 Å². The summed E-state index contributed by atoms with van der Waals surface area (Å²) in [6.45, 7) is 10.4. The maximum Gasteiger partial charge on any atom is 0.254 e. The highest BCUT2D eigenvalue weighted by Crippen LogP contribution is 2.33. The number of aromatic nitrogens is 6. The van der Waals surface area contributed by atoms with Crippen LogP contribution < -0.4 is 0 Å². The Hall–Kier alpha value is -3.85. The Morgan fingerprint density at radius 2 is 1.81 bits per heavy atom. The lowest BCUT2D eigenvalue weighted by Gasteiger charge is -2.26. The van der Waals surface area contributed by atoms with Gasteiger partial charge in [-0.25, -0.2) is 19.3 Å². The molecule has 1 aromatic carbocycles. The number of hydrogen-bond donors (Lipinski definition) is 0. The first-order valence-corrected chi connectivity index (χ1v) is 12.7. The number of pyridine rings is 1. The number of rotatable bonds is 6. The average Bonchev–Trinajstić information content (AvgIpc) is 3.62. The monoisotopic (exact) mass is 499 g/mol. The van der Waals surface area contributed by atoms with Gasteiger partial charge >= 0.3 is 0 Å². The fraction of sp³-hybridized carbons (Fsp3) is 0.296. The molecule has 5 rings (SSSR count). The van der Waals surface area contributed by atoms with E-state index in [1.165, 1.54) is 16.1 Å². The first-order chi connectivity index (χ1) is 17.2. The highest BCUT2D eigenvalue weighted by atomic mass is 32.1. The van der Waals surface area contributed by atoms with Crippen LogP contribution >= 0.6 is 11.3 Å². The number of carbonyl (C=O) groups is 1. The maximum atomic E-state index is 13.9. The number of carbonyl (C=O) groups excluding carboxylic acids is 1. The molecule has 4 heterocycles. The van der Waals surface area contributed by atoms with Crippen molar-refractivity contribution >= 4 is 28.3 Å². The van der Waals surface area contributed by atoms with Crippen molar-refractivity contribution in [2.75, 3.05) is 7.05 Å². The van der Waals surface area contributed by atoms with Crippen molar-refractivity contribution in [3.05, 3.63) is 76.1 Å². The van der Waals surface area contributed by atoms with Crippen LogP contribution in [0.15, 0.2) is 55.2 Å². The van der Waals surface area contributed by atoms with Crippen molar-refractivity contribution in [3.8, 4) is 16.9 Å². The van der Waals surface area contributed by atoms with E-state index in [0.717, 1.165) is 33.5 Å². The Morgan fingerprint density at radius 1 is 1.06 bits per heavy atom. The molecule has 1 amide bonds. The van der Waals surface area contributed by atoms with Crippen molar-refractivity contribution in [2.24, 2.45) is 0 Å². The number of fused-ring (bicyclic) bond motifs is 1. The molecule has 0 aliphatic rings. The van der Waals surface area contributed by atoms with Crippen molar-refractivity contribution in [1.29, 1.82) is 0 Å². The maximum absolute atomic E-state index is 13.9. The zero-order chi connectivity index (χ0) is 25.6.